The molecule has 22 heavy (non-hydrogen) atoms. The molecule has 1 aromatic carbocycles. The van der Waals surface area contributed by atoms with Gasteiger partial charge in [-0.3, -0.25) is 20.2 Å². The molecule has 7 nitrogen and oxygen atoms in total. The van der Waals surface area contributed by atoms with E-state index >= 15 is 0 Å². The van der Waals surface area contributed by atoms with Gasteiger partial charge in [-0.05, 0) is 24.3 Å². The van der Waals surface area contributed by atoms with E-state index in [0.29, 0.717) is 5.56 Å². The van der Waals surface area contributed by atoms with E-state index in [1.54, 1.807) is 0 Å². The van der Waals surface area contributed by atoms with Crippen molar-refractivity contribution in [2.75, 3.05) is 0 Å². The summed E-state index contributed by atoms with van der Waals surface area (Å²) in [6.45, 7) is 4.10. The van der Waals surface area contributed by atoms with E-state index in [2.05, 4.69) is 6.92 Å². The third-order valence-corrected chi connectivity index (χ3v) is 3.75. The summed E-state index contributed by atoms with van der Waals surface area (Å²) in [6, 6.07) is 2.54. The van der Waals surface area contributed by atoms with E-state index in [9.17, 15) is 25.3 Å². The first-order valence-electron chi connectivity index (χ1n) is 7.58. The predicted molar refractivity (Wildman–Crippen MR) is 83.2 cm³/mol. The molecular weight excluding hydrogens is 288 g/mol. The summed E-state index contributed by atoms with van der Waals surface area (Å²) in [6.07, 6.45) is 5.63. The van der Waals surface area contributed by atoms with Crippen molar-refractivity contribution >= 4 is 11.4 Å². The number of unbranched alkanes of at least 4 members (excludes halogenated alkanes) is 2. The maximum Gasteiger partial charge on any atom is 0.318 e. The molecule has 1 rings (SSSR count). The molecule has 0 saturated carbocycles. The summed E-state index contributed by atoms with van der Waals surface area (Å²) in [4.78, 5) is 20.5. The number of benzene rings is 1. The minimum absolute atomic E-state index is 0.0366. The van der Waals surface area contributed by atoms with E-state index < -0.39 is 27.0 Å². The van der Waals surface area contributed by atoms with Crippen LogP contribution in [0.1, 0.15) is 63.9 Å². The number of rotatable bonds is 9. The molecule has 0 aliphatic carbocycles. The Morgan fingerprint density at radius 1 is 1.00 bits per heavy atom. The third kappa shape index (κ3) is 4.41. The van der Waals surface area contributed by atoms with Crippen molar-refractivity contribution in [3.63, 3.8) is 0 Å². The van der Waals surface area contributed by atoms with Gasteiger partial charge in [0.25, 0.3) is 5.75 Å². The Morgan fingerprint density at radius 3 is 1.95 bits per heavy atom. The van der Waals surface area contributed by atoms with Crippen LogP contribution >= 0.6 is 0 Å². The van der Waals surface area contributed by atoms with Crippen molar-refractivity contribution in [1.82, 2.24) is 0 Å². The Balaban J connectivity index is 3.23. The molecule has 0 fully saturated rings. The van der Waals surface area contributed by atoms with Gasteiger partial charge in [-0.2, -0.15) is 0 Å². The van der Waals surface area contributed by atoms with Crippen LogP contribution in [0.25, 0.3) is 0 Å². The van der Waals surface area contributed by atoms with Crippen LogP contribution in [0.5, 0.6) is 5.75 Å². The van der Waals surface area contributed by atoms with Crippen LogP contribution < -0.4 is 0 Å². The SMILES string of the molecule is CCCCCC(CCC)c1cc([N+](=O)[O-])c(O)c([N+](=O)[O-])c1. The highest BCUT2D eigenvalue weighted by Gasteiger charge is 2.28. The van der Waals surface area contributed by atoms with Gasteiger partial charge in [-0.1, -0.05) is 39.5 Å². The fraction of sp³-hybridized carbons (Fsp3) is 0.600. The minimum Gasteiger partial charge on any atom is -0.497 e. The summed E-state index contributed by atoms with van der Waals surface area (Å²) < 4.78 is 0. The molecule has 1 unspecified atom stereocenters. The Bertz CT molecular complexity index is 510. The van der Waals surface area contributed by atoms with Crippen molar-refractivity contribution in [3.05, 3.63) is 37.9 Å². The smallest absolute Gasteiger partial charge is 0.318 e. The molecular formula is C15H22N2O5. The summed E-state index contributed by atoms with van der Waals surface area (Å²) in [7, 11) is 0. The number of nitro groups is 2. The number of phenols is 1. The van der Waals surface area contributed by atoms with Crippen LogP contribution in [0.15, 0.2) is 12.1 Å². The van der Waals surface area contributed by atoms with Gasteiger partial charge >= 0.3 is 11.4 Å². The molecule has 0 amide bonds. The molecule has 1 atom stereocenters. The number of hydrogen-bond donors (Lipinski definition) is 1. The Labute approximate surface area is 129 Å². The maximum absolute atomic E-state index is 11.0. The molecule has 7 heteroatoms. The van der Waals surface area contributed by atoms with Crippen LogP contribution in [-0.2, 0) is 0 Å². The van der Waals surface area contributed by atoms with Crippen LogP contribution in [0, 0.1) is 20.2 Å². The highest BCUT2D eigenvalue weighted by molar-refractivity contribution is 5.61. The second-order valence-corrected chi connectivity index (χ2v) is 5.40. The van der Waals surface area contributed by atoms with Gasteiger partial charge in [0.05, 0.1) is 9.85 Å². The molecule has 122 valence electrons. The fourth-order valence-corrected chi connectivity index (χ4v) is 2.61. The lowest BCUT2D eigenvalue weighted by Gasteiger charge is -2.16. The first kappa shape index (κ1) is 17.9. The average molecular weight is 310 g/mol. The van der Waals surface area contributed by atoms with Crippen molar-refractivity contribution in [1.29, 1.82) is 0 Å². The van der Waals surface area contributed by atoms with Gasteiger partial charge in [0.2, 0.25) is 0 Å². The van der Waals surface area contributed by atoms with Crippen LogP contribution in [0.2, 0.25) is 0 Å². The second kappa shape index (κ2) is 8.31. The van der Waals surface area contributed by atoms with E-state index in [1.807, 2.05) is 6.92 Å². The van der Waals surface area contributed by atoms with Gasteiger partial charge < -0.3 is 5.11 Å². The second-order valence-electron chi connectivity index (χ2n) is 5.40. The quantitative estimate of drug-likeness (QED) is 0.405. The molecule has 0 radical (unpaired) electrons. The zero-order valence-electron chi connectivity index (χ0n) is 12.9. The van der Waals surface area contributed by atoms with Crippen LogP contribution in [-0.4, -0.2) is 15.0 Å². The lowest BCUT2D eigenvalue weighted by atomic mass is 9.88. The van der Waals surface area contributed by atoms with Crippen molar-refractivity contribution in [3.8, 4) is 5.75 Å². The average Bonchev–Trinajstić information content (AvgIpc) is 2.46. The lowest BCUT2D eigenvalue weighted by molar-refractivity contribution is -0.396. The number of nitrogens with zero attached hydrogens (tertiary/aromatic N) is 2. The Morgan fingerprint density at radius 2 is 1.55 bits per heavy atom. The highest BCUT2D eigenvalue weighted by Crippen LogP contribution is 2.40. The topological polar surface area (TPSA) is 107 Å². The van der Waals surface area contributed by atoms with Crippen molar-refractivity contribution in [2.24, 2.45) is 0 Å². The number of hydrogen-bond acceptors (Lipinski definition) is 5. The summed E-state index contributed by atoms with van der Waals surface area (Å²) in [5.74, 6) is -0.836. The highest BCUT2D eigenvalue weighted by atomic mass is 16.6. The molecule has 1 N–H and O–H groups in total. The molecule has 0 aliphatic heterocycles. The van der Waals surface area contributed by atoms with Gasteiger partial charge in [-0.15, -0.1) is 0 Å². The van der Waals surface area contributed by atoms with E-state index in [4.69, 9.17) is 0 Å². The van der Waals surface area contributed by atoms with Gasteiger partial charge in [0, 0.05) is 12.1 Å². The molecule has 0 aliphatic rings. The third-order valence-electron chi connectivity index (χ3n) is 3.75. The molecule has 1 aromatic rings. The summed E-state index contributed by atoms with van der Waals surface area (Å²) in [5.41, 5.74) is -0.629. The normalized spacial score (nSPS) is 12.1. The summed E-state index contributed by atoms with van der Waals surface area (Å²) >= 11 is 0. The van der Waals surface area contributed by atoms with Crippen molar-refractivity contribution in [2.45, 2.75) is 58.3 Å². The predicted octanol–water partition coefficient (Wildman–Crippen LogP) is 4.67. The minimum atomic E-state index is -0.873. The Kier molecular flexibility index (Phi) is 6.75. The largest absolute Gasteiger partial charge is 0.497 e. The van der Waals surface area contributed by atoms with Gasteiger partial charge in [0.15, 0.2) is 0 Å². The fourth-order valence-electron chi connectivity index (χ4n) is 2.61. The molecule has 0 heterocycles. The zero-order valence-corrected chi connectivity index (χ0v) is 12.9. The van der Waals surface area contributed by atoms with E-state index in [1.165, 1.54) is 12.1 Å². The standard InChI is InChI=1S/C15H22N2O5/c1-3-5-6-8-11(7-4-2)12-9-13(16(19)20)15(18)14(10-12)17(21)22/h9-11,18H,3-8H2,1-2H3. The van der Waals surface area contributed by atoms with Gasteiger partial charge in [0.1, 0.15) is 0 Å². The van der Waals surface area contributed by atoms with E-state index in [0.717, 1.165) is 38.5 Å². The maximum atomic E-state index is 11.0. The summed E-state index contributed by atoms with van der Waals surface area (Å²) in [5, 5.41) is 31.7. The molecule has 0 spiro atoms. The first-order valence-corrected chi connectivity index (χ1v) is 7.58. The molecule has 0 aromatic heterocycles. The number of nitro benzene ring substituents is 2. The van der Waals surface area contributed by atoms with Crippen LogP contribution in [0.4, 0.5) is 11.4 Å². The monoisotopic (exact) mass is 310 g/mol. The molecule has 0 saturated heterocycles. The van der Waals surface area contributed by atoms with Crippen molar-refractivity contribution < 1.29 is 15.0 Å². The number of aromatic hydroxyl groups is 1. The first-order chi connectivity index (χ1) is 10.4. The number of phenolic OH excluding ortho intramolecular Hbond substituents is 1. The van der Waals surface area contributed by atoms with Gasteiger partial charge in [-0.25, -0.2) is 0 Å². The van der Waals surface area contributed by atoms with E-state index in [-0.39, 0.29) is 5.92 Å². The molecule has 0 bridgehead atoms. The zero-order chi connectivity index (χ0) is 16.7. The lowest BCUT2D eigenvalue weighted by Crippen LogP contribution is -2.03. The van der Waals surface area contributed by atoms with Crippen LogP contribution in [0.3, 0.4) is 0 Å². The Hall–Kier alpha value is -2.18.